The van der Waals surface area contributed by atoms with E-state index in [9.17, 15) is 47.9 Å². The van der Waals surface area contributed by atoms with E-state index in [1.54, 1.807) is 0 Å². The third kappa shape index (κ3) is 133. The van der Waals surface area contributed by atoms with Crippen LogP contribution in [0.1, 0.15) is 395 Å². The van der Waals surface area contributed by atoms with Gasteiger partial charge in [0.2, 0.25) is 0 Å². The van der Waals surface area contributed by atoms with Gasteiger partial charge in [0.15, 0.2) is 17.4 Å². The van der Waals surface area contributed by atoms with Crippen LogP contribution in [0.4, 0.5) is 0 Å². The molecule has 0 fully saturated rings. The Labute approximate surface area is 805 Å². The van der Waals surface area contributed by atoms with E-state index >= 15 is 0 Å². The molecule has 0 aliphatic rings. The zero-order valence-corrected chi connectivity index (χ0v) is 86.1. The van der Waals surface area contributed by atoms with Crippen molar-refractivity contribution < 1.29 is 228 Å². The molecule has 109 heavy (non-hydrogen) atoms. The maximum absolute atomic E-state index is 10.4. The topological polar surface area (TPSA) is 373 Å². The summed E-state index contributed by atoms with van der Waals surface area (Å²) in [7, 11) is 0. The zero-order chi connectivity index (χ0) is 79.1. The molecule has 9 unspecified atom stereocenters. The van der Waals surface area contributed by atoms with Crippen LogP contribution in [0.5, 0.6) is 0 Å². The Morgan fingerprint density at radius 1 is 0.257 bits per heavy atom. The first-order chi connectivity index (χ1) is 46.6. The molecule has 0 bridgehead atoms. The maximum atomic E-state index is 10.4. The van der Waals surface area contributed by atoms with Crippen LogP contribution in [0.25, 0.3) is 0 Å². The zero-order valence-electron chi connectivity index (χ0n) is 75.4. The van der Waals surface area contributed by atoms with Gasteiger partial charge in [-0.3, -0.25) is 47.9 Å². The standard InChI is InChI=1S/9C8H16O2.C7H14O2.Al.Ca.Co.Cu.2Fe.Mg.Ni.2Zn.7H/c9*1-3-5-6-7(4-2)8(9)10;1-6(2)4-3-5-7(8)9;;;;;;;;;;;;;;;;;/h9*7H,3-6H2,1-2H3,(H,9,10);6H,3-5H2,1-2H3,(H,8,9);;;;;;;;;;;;;;;;;/q;;;;;;;;;;;+2;;;;;+2;;;;;;;4*-1. The largest absolute Gasteiger partial charge is 2.00 e. The van der Waals surface area contributed by atoms with E-state index in [0.29, 0.717) is 12.3 Å². The molecule has 0 saturated carbocycles. The van der Waals surface area contributed by atoms with Crippen LogP contribution in [0.2, 0.25) is 0 Å². The molecular formula is C79H165AlCaCoCuFe2MgNiO20Zn2. The summed E-state index contributed by atoms with van der Waals surface area (Å²) >= 11 is 0. The predicted octanol–water partition coefficient (Wildman–Crippen LogP) is 21.0. The summed E-state index contributed by atoms with van der Waals surface area (Å²) in [5, 5.41) is 85.6. The molecule has 0 amide bonds. The van der Waals surface area contributed by atoms with Crippen molar-refractivity contribution in [1.82, 2.24) is 0 Å². The molecule has 2 radical (unpaired) electrons. The van der Waals surface area contributed by atoms with Crippen molar-refractivity contribution in [1.29, 1.82) is 0 Å². The van der Waals surface area contributed by atoms with Crippen molar-refractivity contribution in [3.8, 4) is 0 Å². The van der Waals surface area contributed by atoms with Crippen LogP contribution < -0.4 is 0 Å². The van der Waals surface area contributed by atoms with Crippen molar-refractivity contribution in [2.45, 2.75) is 389 Å². The number of unbranched alkanes of at least 4 members (excludes halogenated alkanes) is 9. The van der Waals surface area contributed by atoms with Crippen LogP contribution >= 0.6 is 0 Å². The molecule has 0 rings (SSSR count). The number of hydrogen-bond acceptors (Lipinski definition) is 10. The summed E-state index contributed by atoms with van der Waals surface area (Å²) in [6.45, 7) is 40.2. The van der Waals surface area contributed by atoms with Crippen LogP contribution in [0.15, 0.2) is 0 Å². The number of hydrogen-bond donors (Lipinski definition) is 10. The van der Waals surface area contributed by atoms with Gasteiger partial charge < -0.3 is 56.8 Å². The van der Waals surface area contributed by atoms with Crippen molar-refractivity contribution in [3.63, 3.8) is 0 Å². The van der Waals surface area contributed by atoms with Crippen molar-refractivity contribution in [2.24, 2.45) is 59.2 Å². The monoisotopic (exact) mass is 1940 g/mol. The summed E-state index contributed by atoms with van der Waals surface area (Å²) in [6, 6.07) is 0. The fourth-order valence-electron chi connectivity index (χ4n) is 9.24. The molecule has 0 aliphatic heterocycles. The number of carbonyl (C=O) groups is 10. The quantitative estimate of drug-likeness (QED) is 0.0253. The van der Waals surface area contributed by atoms with Crippen LogP contribution in [-0.4, -0.2) is 189 Å². The van der Waals surface area contributed by atoms with Crippen molar-refractivity contribution in [3.05, 3.63) is 0 Å². The molecule has 0 aromatic rings. The first-order valence-electron chi connectivity index (χ1n) is 38.9. The number of aliphatic carboxylic acids is 10. The molecule has 10 N–H and O–H groups in total. The van der Waals surface area contributed by atoms with Gasteiger partial charge >= 0.3 is 120 Å². The Morgan fingerprint density at radius 3 is 0.413 bits per heavy atom. The Balaban J connectivity index is -0.0000000349. The van der Waals surface area contributed by atoms with Gasteiger partial charge in [0, 0.05) is 130 Å². The van der Waals surface area contributed by atoms with Crippen LogP contribution in [0.3, 0.4) is 0 Å². The van der Waals surface area contributed by atoms with Crippen molar-refractivity contribution >= 4 is 138 Å². The third-order valence-corrected chi connectivity index (χ3v) is 16.9. The molecule has 30 heteroatoms. The van der Waals surface area contributed by atoms with Crippen molar-refractivity contribution in [2.75, 3.05) is 0 Å². The van der Waals surface area contributed by atoms with E-state index in [4.69, 9.17) is 51.1 Å². The summed E-state index contributed by atoms with van der Waals surface area (Å²) in [4.78, 5) is 104. The van der Waals surface area contributed by atoms with Gasteiger partial charge in [-0.05, 0) is 128 Å². The second-order valence-electron chi connectivity index (χ2n) is 26.0. The van der Waals surface area contributed by atoms with Gasteiger partial charge in [-0.25, -0.2) is 0 Å². The predicted molar refractivity (Wildman–Crippen MR) is 431 cm³/mol. The molecule has 0 saturated heterocycles. The minimum Gasteiger partial charge on any atom is -1.00 e. The average Bonchev–Trinajstić information content (AvgIpc) is 1.06. The van der Waals surface area contributed by atoms with E-state index in [-0.39, 0.29) is 261 Å². The maximum Gasteiger partial charge on any atom is 2.00 e. The third-order valence-electron chi connectivity index (χ3n) is 16.9. The Kier molecular flexibility index (Phi) is 188. The first-order valence-corrected chi connectivity index (χ1v) is 38.9. The first kappa shape index (κ1) is 161. The van der Waals surface area contributed by atoms with E-state index in [1.807, 2.05) is 62.3 Å². The Hall–Kier alpha value is 1.06. The van der Waals surface area contributed by atoms with Gasteiger partial charge in [0.1, 0.15) is 0 Å². The van der Waals surface area contributed by atoms with Gasteiger partial charge in [0.05, 0.1) is 53.3 Å². The van der Waals surface area contributed by atoms with Crippen LogP contribution in [-0.2, 0) is 171 Å². The molecule has 0 heterocycles. The average molecular weight is 1950 g/mol. The Morgan fingerprint density at radius 2 is 0.358 bits per heavy atom. The minimum absolute atomic E-state index is 0. The SMILES string of the molecule is CC(C)CCCC(=O)O.CCCCC(CC)C(=O)O.CCCCC(CC)C(=O)O.CCCCC(CC)C(=O)O.CCCCC(CC)C(=O)O.CCCCC(CC)C(=O)O.CCCCC(CC)C(=O)O.CCCCC(CC)C(=O)O.CCCCC(CC)C(=O)O.CCCCC(CC)C(=O)O.[AlH3].[Ca+2].[Co].[Cu].[Fe].[Fe].[H-].[H-].[H-].[H-].[Mg+2].[Ni].[Zn].[Zn]. The molecule has 0 aromatic heterocycles. The Bertz CT molecular complexity index is 1570. The van der Waals surface area contributed by atoms with E-state index in [1.165, 1.54) is 0 Å². The molecule has 20 nitrogen and oxygen atoms in total. The number of carboxylic acids is 10. The van der Waals surface area contributed by atoms with Gasteiger partial charge in [-0.1, -0.05) is 260 Å². The van der Waals surface area contributed by atoms with Gasteiger partial charge in [-0.2, -0.15) is 0 Å². The number of carboxylic acid groups (broad SMARTS) is 10. The fourth-order valence-corrected chi connectivity index (χ4v) is 9.24. The molecule has 0 aromatic carbocycles. The van der Waals surface area contributed by atoms with E-state index in [2.05, 4.69) is 76.2 Å². The fraction of sp³-hybridized carbons (Fsp3) is 0.873. The van der Waals surface area contributed by atoms with E-state index < -0.39 is 59.7 Å². The summed E-state index contributed by atoms with van der Waals surface area (Å²) in [6.07, 6.45) is 35.6. The minimum atomic E-state index is -0.685. The second-order valence-corrected chi connectivity index (χ2v) is 26.0. The molecule has 9 atom stereocenters. The molecule has 0 spiro atoms. The van der Waals surface area contributed by atoms with Crippen LogP contribution in [0, 0.1) is 59.2 Å². The normalized spacial score (nSPS) is 11.6. The molecule has 0 aliphatic carbocycles. The molecule has 658 valence electrons. The van der Waals surface area contributed by atoms with Gasteiger partial charge in [0.25, 0.3) is 0 Å². The van der Waals surface area contributed by atoms with E-state index in [0.717, 1.165) is 244 Å². The smallest absolute Gasteiger partial charge is 1.00 e. The summed E-state index contributed by atoms with van der Waals surface area (Å²) < 4.78 is 0. The molecular weight excluding hydrogens is 1780 g/mol. The summed E-state index contributed by atoms with van der Waals surface area (Å²) in [5.74, 6) is -6.84. The number of rotatable bonds is 49. The second kappa shape index (κ2) is 127. The summed E-state index contributed by atoms with van der Waals surface area (Å²) in [5.41, 5.74) is 0. The van der Waals surface area contributed by atoms with Gasteiger partial charge in [-0.15, -0.1) is 0 Å².